The van der Waals surface area contributed by atoms with Gasteiger partial charge in [-0.1, -0.05) is 27.5 Å². The zero-order valence-corrected chi connectivity index (χ0v) is 13.1. The number of halogens is 2. The number of benzene rings is 1. The molecule has 0 spiro atoms. The summed E-state index contributed by atoms with van der Waals surface area (Å²) < 4.78 is 32.2. The fourth-order valence-corrected chi connectivity index (χ4v) is 4.51. The molecule has 0 aliphatic carbocycles. The molecule has 5 nitrogen and oxygen atoms in total. The third-order valence-corrected chi connectivity index (χ3v) is 5.79. The van der Waals surface area contributed by atoms with Gasteiger partial charge < -0.3 is 9.84 Å². The molecule has 1 unspecified atom stereocenters. The van der Waals surface area contributed by atoms with Crippen molar-refractivity contribution in [2.75, 3.05) is 26.4 Å². The fraction of sp³-hybridized carbons (Fsp3) is 0.455. The lowest BCUT2D eigenvalue weighted by Gasteiger charge is -2.33. The summed E-state index contributed by atoms with van der Waals surface area (Å²) in [7, 11) is -3.73. The van der Waals surface area contributed by atoms with Crippen LogP contribution in [0.25, 0.3) is 0 Å². The second-order valence-corrected chi connectivity index (χ2v) is 7.28. The van der Waals surface area contributed by atoms with E-state index in [-0.39, 0.29) is 29.7 Å². The number of nitrogens with zero attached hydrogens (tertiary/aromatic N) is 1. The highest BCUT2D eigenvalue weighted by Crippen LogP contribution is 2.29. The number of ether oxygens (including phenoxy) is 1. The van der Waals surface area contributed by atoms with E-state index in [1.165, 1.54) is 16.4 Å². The van der Waals surface area contributed by atoms with Crippen molar-refractivity contribution in [3.8, 4) is 0 Å². The van der Waals surface area contributed by atoms with E-state index in [1.54, 1.807) is 6.07 Å². The minimum absolute atomic E-state index is 0.0396. The second-order valence-electron chi connectivity index (χ2n) is 4.10. The van der Waals surface area contributed by atoms with E-state index in [0.29, 0.717) is 11.1 Å². The zero-order chi connectivity index (χ0) is 14.0. The molecule has 1 aliphatic heterocycles. The lowest BCUT2D eigenvalue weighted by Crippen LogP contribution is -2.50. The van der Waals surface area contributed by atoms with Crippen molar-refractivity contribution in [1.82, 2.24) is 4.31 Å². The van der Waals surface area contributed by atoms with E-state index in [1.807, 2.05) is 0 Å². The smallest absolute Gasteiger partial charge is 0.245 e. The Kier molecular flexibility index (Phi) is 4.86. The van der Waals surface area contributed by atoms with Gasteiger partial charge in [0.1, 0.15) is 4.90 Å². The molecule has 1 N–H and O–H groups in total. The molecule has 8 heteroatoms. The maximum absolute atomic E-state index is 12.5. The van der Waals surface area contributed by atoms with Gasteiger partial charge in [0.25, 0.3) is 0 Å². The van der Waals surface area contributed by atoms with Crippen LogP contribution in [0.4, 0.5) is 0 Å². The van der Waals surface area contributed by atoms with Crippen molar-refractivity contribution in [1.29, 1.82) is 0 Å². The van der Waals surface area contributed by atoms with Crippen LogP contribution in [-0.4, -0.2) is 50.2 Å². The average Bonchev–Trinajstić information content (AvgIpc) is 2.38. The summed E-state index contributed by atoms with van der Waals surface area (Å²) in [6.45, 7) is 0.418. The predicted octanol–water partition coefficient (Wildman–Crippen LogP) is 1.48. The van der Waals surface area contributed by atoms with Crippen LogP contribution in [0.15, 0.2) is 27.6 Å². The first-order chi connectivity index (χ1) is 8.96. The maximum atomic E-state index is 12.5. The number of hydrogen-bond donors (Lipinski definition) is 1. The fourth-order valence-electron chi connectivity index (χ4n) is 1.91. The normalized spacial score (nSPS) is 21.5. The Hall–Kier alpha value is -0.180. The highest BCUT2D eigenvalue weighted by molar-refractivity contribution is 9.10. The zero-order valence-electron chi connectivity index (χ0n) is 9.92. The van der Waals surface area contributed by atoms with Crippen LogP contribution in [0.5, 0.6) is 0 Å². The van der Waals surface area contributed by atoms with Gasteiger partial charge in [0.15, 0.2) is 0 Å². The van der Waals surface area contributed by atoms with E-state index in [4.69, 9.17) is 16.3 Å². The quantitative estimate of drug-likeness (QED) is 0.875. The molecule has 0 bridgehead atoms. The van der Waals surface area contributed by atoms with E-state index >= 15 is 0 Å². The summed E-state index contributed by atoms with van der Waals surface area (Å²) in [6.07, 6.45) is 0. The lowest BCUT2D eigenvalue weighted by molar-refractivity contribution is 0.0109. The molecule has 0 aromatic heterocycles. The summed E-state index contributed by atoms with van der Waals surface area (Å²) >= 11 is 9.23. The van der Waals surface area contributed by atoms with Gasteiger partial charge in [0.2, 0.25) is 10.0 Å². The molecular formula is C11H13BrClNO4S. The molecule has 0 saturated carbocycles. The average molecular weight is 371 g/mol. The predicted molar refractivity (Wildman–Crippen MR) is 74.7 cm³/mol. The van der Waals surface area contributed by atoms with Crippen molar-refractivity contribution in [3.05, 3.63) is 27.7 Å². The summed E-state index contributed by atoms with van der Waals surface area (Å²) in [5.74, 6) is 0. The highest BCUT2D eigenvalue weighted by Gasteiger charge is 2.34. The number of sulfonamides is 1. The molecule has 1 heterocycles. The minimum atomic E-state index is -3.73. The topological polar surface area (TPSA) is 66.8 Å². The summed E-state index contributed by atoms with van der Waals surface area (Å²) in [6, 6.07) is 4.03. The van der Waals surface area contributed by atoms with Crippen LogP contribution in [-0.2, 0) is 14.8 Å². The third kappa shape index (κ3) is 3.12. The molecule has 1 atom stereocenters. The lowest BCUT2D eigenvalue weighted by atomic mass is 10.3. The van der Waals surface area contributed by atoms with Gasteiger partial charge in [-0.25, -0.2) is 8.42 Å². The molecule has 1 saturated heterocycles. The molecule has 0 amide bonds. The molecular weight excluding hydrogens is 358 g/mol. The van der Waals surface area contributed by atoms with Crippen LogP contribution < -0.4 is 0 Å². The first-order valence-electron chi connectivity index (χ1n) is 5.62. The molecule has 1 aliphatic rings. The van der Waals surface area contributed by atoms with Crippen molar-refractivity contribution in [3.63, 3.8) is 0 Å². The molecule has 1 aromatic rings. The van der Waals surface area contributed by atoms with Crippen LogP contribution >= 0.6 is 27.5 Å². The maximum Gasteiger partial charge on any atom is 0.245 e. The van der Waals surface area contributed by atoms with Crippen LogP contribution in [0.3, 0.4) is 0 Å². The SMILES string of the molecule is O=S(=O)(c1ccc(Br)cc1Cl)N1CCOCC1CO. The largest absolute Gasteiger partial charge is 0.395 e. The molecule has 0 radical (unpaired) electrons. The Morgan fingerprint density at radius 1 is 1.53 bits per heavy atom. The summed E-state index contributed by atoms with van der Waals surface area (Å²) in [5.41, 5.74) is 0. The van der Waals surface area contributed by atoms with Crippen molar-refractivity contribution < 1.29 is 18.3 Å². The van der Waals surface area contributed by atoms with Gasteiger partial charge in [-0.3, -0.25) is 0 Å². The molecule has 1 fully saturated rings. The van der Waals surface area contributed by atoms with Crippen molar-refractivity contribution in [2.45, 2.75) is 10.9 Å². The molecule has 1 aromatic carbocycles. The number of aliphatic hydroxyl groups excluding tert-OH is 1. The van der Waals surface area contributed by atoms with E-state index < -0.39 is 16.1 Å². The first kappa shape index (κ1) is 15.2. The van der Waals surface area contributed by atoms with E-state index in [9.17, 15) is 13.5 Å². The molecule has 19 heavy (non-hydrogen) atoms. The van der Waals surface area contributed by atoms with Crippen molar-refractivity contribution >= 4 is 37.6 Å². The molecule has 2 rings (SSSR count). The standard InChI is InChI=1S/C11H13BrClNO4S/c12-8-1-2-11(10(13)5-8)19(16,17)14-3-4-18-7-9(14)6-15/h1-2,5,9,15H,3-4,6-7H2. The summed E-state index contributed by atoms with van der Waals surface area (Å²) in [5, 5.41) is 9.41. The van der Waals surface area contributed by atoms with Gasteiger partial charge in [-0.05, 0) is 18.2 Å². The Bertz CT molecular complexity index is 566. The number of aliphatic hydroxyl groups is 1. The number of morpholine rings is 1. The van der Waals surface area contributed by atoms with Crippen molar-refractivity contribution in [2.24, 2.45) is 0 Å². The minimum Gasteiger partial charge on any atom is -0.395 e. The number of rotatable bonds is 3. The van der Waals surface area contributed by atoms with Gasteiger partial charge in [-0.2, -0.15) is 4.31 Å². The van der Waals surface area contributed by atoms with Gasteiger partial charge in [0.05, 0.1) is 30.9 Å². The molecule has 106 valence electrons. The van der Waals surface area contributed by atoms with E-state index in [0.717, 1.165) is 0 Å². The Morgan fingerprint density at radius 2 is 2.26 bits per heavy atom. The van der Waals surface area contributed by atoms with E-state index in [2.05, 4.69) is 15.9 Å². The highest BCUT2D eigenvalue weighted by atomic mass is 79.9. The van der Waals surface area contributed by atoms with Gasteiger partial charge >= 0.3 is 0 Å². The van der Waals surface area contributed by atoms with Crippen LogP contribution in [0.1, 0.15) is 0 Å². The van der Waals surface area contributed by atoms with Gasteiger partial charge in [0, 0.05) is 11.0 Å². The monoisotopic (exact) mass is 369 g/mol. The Labute approximate surface area is 125 Å². The Morgan fingerprint density at radius 3 is 2.89 bits per heavy atom. The second kappa shape index (κ2) is 6.07. The third-order valence-electron chi connectivity index (χ3n) is 2.86. The Balaban J connectivity index is 2.40. The van der Waals surface area contributed by atoms with Crippen LogP contribution in [0, 0.1) is 0 Å². The number of hydrogen-bond acceptors (Lipinski definition) is 4. The van der Waals surface area contributed by atoms with Gasteiger partial charge in [-0.15, -0.1) is 0 Å². The first-order valence-corrected chi connectivity index (χ1v) is 8.23. The summed E-state index contributed by atoms with van der Waals surface area (Å²) in [4.78, 5) is 0.0396. The van der Waals surface area contributed by atoms with Crippen LogP contribution in [0.2, 0.25) is 5.02 Å².